The van der Waals surface area contributed by atoms with Crippen LogP contribution >= 0.6 is 34.7 Å². The Bertz CT molecular complexity index is 2190. The van der Waals surface area contributed by atoms with E-state index in [4.69, 9.17) is 16.6 Å². The predicted molar refractivity (Wildman–Crippen MR) is 208 cm³/mol. The summed E-state index contributed by atoms with van der Waals surface area (Å²) in [6.07, 6.45) is 5.03. The van der Waals surface area contributed by atoms with E-state index in [1.807, 2.05) is 41.8 Å². The van der Waals surface area contributed by atoms with Crippen LogP contribution in [-0.2, 0) is 14.4 Å². The lowest BCUT2D eigenvalue weighted by molar-refractivity contribution is -0.136. The number of thiophene rings is 1. The maximum absolute atomic E-state index is 13.3. The van der Waals surface area contributed by atoms with Crippen molar-refractivity contribution in [3.63, 3.8) is 0 Å². The zero-order chi connectivity index (χ0) is 38.1. The predicted octanol–water partition coefficient (Wildman–Crippen LogP) is 6.45. The summed E-state index contributed by atoms with van der Waals surface area (Å²) in [6, 6.07) is 11.3. The Morgan fingerprint density at radius 3 is 2.50 bits per heavy atom. The number of hydrogen-bond donors (Lipinski definition) is 2. The highest BCUT2D eigenvalue weighted by Crippen LogP contribution is 2.40. The average molecular weight is 786 g/mol. The molecule has 0 radical (unpaired) electrons. The lowest BCUT2D eigenvalue weighted by Gasteiger charge is -2.27. The second kappa shape index (κ2) is 16.0. The third-order valence-corrected chi connectivity index (χ3v) is 12.7. The van der Waals surface area contributed by atoms with Crippen molar-refractivity contribution in [2.45, 2.75) is 89.1 Å². The van der Waals surface area contributed by atoms with Crippen molar-refractivity contribution in [2.24, 2.45) is 4.99 Å². The first-order chi connectivity index (χ1) is 26.0. The topological polar surface area (TPSA) is 156 Å². The lowest BCUT2D eigenvalue weighted by Crippen LogP contribution is -2.54. The van der Waals surface area contributed by atoms with Gasteiger partial charge < -0.3 is 5.32 Å². The maximum Gasteiger partial charge on any atom is 0.263 e. The van der Waals surface area contributed by atoms with E-state index in [0.717, 1.165) is 80.9 Å². The number of carbonyl (C=O) groups excluding carboxylic acids is 5. The van der Waals surface area contributed by atoms with Gasteiger partial charge in [-0.2, -0.15) is 0 Å². The Labute approximate surface area is 326 Å². The maximum atomic E-state index is 13.3. The fourth-order valence-electron chi connectivity index (χ4n) is 7.15. The van der Waals surface area contributed by atoms with E-state index in [1.165, 1.54) is 16.6 Å². The standard InChI is InChI=1S/C39H40ClN7O5S2/c1-21-22(2)54-39-32(21)34(24-12-14-25(40)15-13-24)42-27(35-45-44-23(3)46(35)39)20-31(49)41-18-7-5-4-6-8-19-53-29-11-9-10-26-33(29)38(52)47(37(26)51)28-16-17-30(48)43-36(28)50/h9-15,27-28H,4-8,16-20H2,1-3H3,(H,41,49)(H,43,48,50)/t27-,28?/m0/s1. The molecule has 3 aliphatic heterocycles. The van der Waals surface area contributed by atoms with Gasteiger partial charge >= 0.3 is 0 Å². The molecule has 54 heavy (non-hydrogen) atoms. The molecule has 0 bridgehead atoms. The molecule has 280 valence electrons. The number of thioether (sulfide) groups is 1. The average Bonchev–Trinajstić information content (AvgIpc) is 3.72. The first-order valence-electron chi connectivity index (χ1n) is 18.1. The van der Waals surface area contributed by atoms with Crippen LogP contribution in [0, 0.1) is 20.8 Å². The Morgan fingerprint density at radius 1 is 0.963 bits per heavy atom. The van der Waals surface area contributed by atoms with Crippen LogP contribution in [0.1, 0.15) is 111 Å². The van der Waals surface area contributed by atoms with Crippen LogP contribution in [0.15, 0.2) is 52.4 Å². The van der Waals surface area contributed by atoms with Crippen LogP contribution in [0.5, 0.6) is 0 Å². The summed E-state index contributed by atoms with van der Waals surface area (Å²) in [5, 5.41) is 15.8. The second-order valence-corrected chi connectivity index (χ2v) is 16.5. The molecule has 3 aliphatic rings. The van der Waals surface area contributed by atoms with Crippen LogP contribution < -0.4 is 10.6 Å². The zero-order valence-electron chi connectivity index (χ0n) is 30.2. The largest absolute Gasteiger partial charge is 0.356 e. The molecule has 0 spiro atoms. The minimum Gasteiger partial charge on any atom is -0.356 e. The van der Waals surface area contributed by atoms with Gasteiger partial charge in [-0.15, -0.1) is 33.3 Å². The summed E-state index contributed by atoms with van der Waals surface area (Å²) < 4.78 is 2.04. The number of halogens is 1. The number of fused-ring (bicyclic) bond motifs is 4. The van der Waals surface area contributed by atoms with E-state index in [9.17, 15) is 24.0 Å². The number of carbonyl (C=O) groups is 5. The van der Waals surface area contributed by atoms with Gasteiger partial charge in [0.1, 0.15) is 22.9 Å². The number of aliphatic imine (C=N–C) groups is 1. The van der Waals surface area contributed by atoms with Crippen molar-refractivity contribution in [1.82, 2.24) is 30.3 Å². The molecule has 2 aromatic heterocycles. The second-order valence-electron chi connectivity index (χ2n) is 13.7. The number of piperidine rings is 1. The number of nitrogens with one attached hydrogen (secondary N) is 2. The van der Waals surface area contributed by atoms with Crippen LogP contribution in [-0.4, -0.2) is 73.3 Å². The van der Waals surface area contributed by atoms with Crippen molar-refractivity contribution in [3.05, 3.63) is 91.8 Å². The van der Waals surface area contributed by atoms with Gasteiger partial charge in [-0.1, -0.05) is 49.1 Å². The zero-order valence-corrected chi connectivity index (χ0v) is 32.6. The highest BCUT2D eigenvalue weighted by atomic mass is 35.5. The molecule has 1 fully saturated rings. The summed E-state index contributed by atoms with van der Waals surface area (Å²) >= 11 is 9.42. The molecule has 1 saturated heterocycles. The van der Waals surface area contributed by atoms with Gasteiger partial charge in [0, 0.05) is 38.9 Å². The summed E-state index contributed by atoms with van der Waals surface area (Å²) in [7, 11) is 0. The van der Waals surface area contributed by atoms with Crippen LogP contribution in [0.25, 0.3) is 5.00 Å². The molecule has 1 unspecified atom stereocenters. The van der Waals surface area contributed by atoms with E-state index in [-0.39, 0.29) is 25.2 Å². The fraction of sp³-hybridized carbons (Fsp3) is 0.385. The van der Waals surface area contributed by atoms with Gasteiger partial charge in [-0.25, -0.2) is 0 Å². The molecule has 5 amide bonds. The van der Waals surface area contributed by atoms with Crippen molar-refractivity contribution in [2.75, 3.05) is 12.3 Å². The minimum absolute atomic E-state index is 0.0842. The highest BCUT2D eigenvalue weighted by molar-refractivity contribution is 7.99. The van der Waals surface area contributed by atoms with Crippen molar-refractivity contribution < 1.29 is 24.0 Å². The Morgan fingerprint density at radius 2 is 1.72 bits per heavy atom. The Balaban J connectivity index is 0.889. The molecular weight excluding hydrogens is 746 g/mol. The lowest BCUT2D eigenvalue weighted by atomic mass is 9.99. The Kier molecular flexibility index (Phi) is 11.1. The normalized spacial score (nSPS) is 17.9. The number of hydrogen-bond acceptors (Lipinski definition) is 10. The molecule has 15 heteroatoms. The number of unbranched alkanes of at least 4 members (excludes halogenated alkanes) is 4. The van der Waals surface area contributed by atoms with E-state index < -0.39 is 35.7 Å². The number of amides is 5. The third kappa shape index (κ3) is 7.38. The molecule has 2 N–H and O–H groups in total. The Hall–Kier alpha value is -4.66. The number of imide groups is 2. The summed E-state index contributed by atoms with van der Waals surface area (Å²) in [6.45, 7) is 6.67. The van der Waals surface area contributed by atoms with Gasteiger partial charge in [-0.3, -0.25) is 43.7 Å². The highest BCUT2D eigenvalue weighted by Gasteiger charge is 2.45. The molecule has 12 nitrogen and oxygen atoms in total. The molecule has 4 aromatic rings. The molecule has 5 heterocycles. The van der Waals surface area contributed by atoms with Crippen molar-refractivity contribution >= 4 is 69.9 Å². The molecule has 0 aliphatic carbocycles. The van der Waals surface area contributed by atoms with Gasteiger partial charge in [0.25, 0.3) is 11.8 Å². The van der Waals surface area contributed by atoms with E-state index >= 15 is 0 Å². The van der Waals surface area contributed by atoms with Crippen LogP contribution in [0.2, 0.25) is 5.02 Å². The molecule has 2 aromatic carbocycles. The number of aryl methyl sites for hydroxylation is 2. The summed E-state index contributed by atoms with van der Waals surface area (Å²) in [5.74, 6) is 0.0689. The summed E-state index contributed by atoms with van der Waals surface area (Å²) in [5.41, 5.74) is 4.53. The van der Waals surface area contributed by atoms with Gasteiger partial charge in [0.15, 0.2) is 5.82 Å². The molecular formula is C39H40ClN7O5S2. The molecule has 2 atom stereocenters. The van der Waals surface area contributed by atoms with Gasteiger partial charge in [-0.05, 0) is 75.6 Å². The third-order valence-electron chi connectivity index (χ3n) is 10.1. The number of benzene rings is 2. The molecule has 7 rings (SSSR count). The monoisotopic (exact) mass is 785 g/mol. The van der Waals surface area contributed by atoms with E-state index in [2.05, 4.69) is 34.7 Å². The van der Waals surface area contributed by atoms with Crippen molar-refractivity contribution in [1.29, 1.82) is 0 Å². The van der Waals surface area contributed by atoms with E-state index in [1.54, 1.807) is 23.5 Å². The minimum atomic E-state index is -0.981. The van der Waals surface area contributed by atoms with Crippen LogP contribution in [0.3, 0.4) is 0 Å². The number of rotatable bonds is 13. The first kappa shape index (κ1) is 37.6. The van der Waals surface area contributed by atoms with Crippen LogP contribution in [0.4, 0.5) is 0 Å². The van der Waals surface area contributed by atoms with Gasteiger partial charge in [0.2, 0.25) is 17.7 Å². The fourth-order valence-corrected chi connectivity index (χ4v) is 9.58. The summed E-state index contributed by atoms with van der Waals surface area (Å²) in [4.78, 5) is 71.8. The SMILES string of the molecule is Cc1sc2c(c1C)C(c1ccc(Cl)cc1)=N[C@@H](CC(=O)NCCCCCCCSc1cccc3c1C(=O)N(C1CCC(=O)NC1=O)C3=O)c1nnc(C)n1-2. The van der Waals surface area contributed by atoms with Gasteiger partial charge in [0.05, 0.1) is 23.3 Å². The number of aromatic nitrogens is 3. The first-order valence-corrected chi connectivity index (χ1v) is 20.3. The smallest absolute Gasteiger partial charge is 0.263 e. The van der Waals surface area contributed by atoms with Crippen molar-refractivity contribution in [3.8, 4) is 5.00 Å². The van der Waals surface area contributed by atoms with E-state index in [0.29, 0.717) is 28.5 Å². The quantitative estimate of drug-likeness (QED) is 0.0891. The number of nitrogens with zero attached hydrogens (tertiary/aromatic N) is 5. The molecule has 0 saturated carbocycles.